The number of rotatable bonds is 4. The first kappa shape index (κ1) is 19.5. The highest BCUT2D eigenvalue weighted by Crippen LogP contribution is 2.49. The van der Waals surface area contributed by atoms with E-state index in [-0.39, 0.29) is 22.4 Å². The Morgan fingerprint density at radius 1 is 0.955 bits per heavy atom. The predicted molar refractivity (Wildman–Crippen MR) is 93.8 cm³/mol. The van der Waals surface area contributed by atoms with Crippen LogP contribution in [0.1, 0.15) is 100 Å². The van der Waals surface area contributed by atoms with Crippen LogP contribution in [-0.4, -0.2) is 11.6 Å². The summed E-state index contributed by atoms with van der Waals surface area (Å²) in [6, 6.07) is 0. The lowest BCUT2D eigenvalue weighted by Gasteiger charge is -2.46. The highest BCUT2D eigenvalue weighted by atomic mass is 16.6. The smallest absolute Gasteiger partial charge is 0.312 e. The van der Waals surface area contributed by atoms with E-state index in [0.29, 0.717) is 0 Å². The van der Waals surface area contributed by atoms with Crippen LogP contribution < -0.4 is 0 Å². The van der Waals surface area contributed by atoms with Gasteiger partial charge in [-0.15, -0.1) is 0 Å². The molecule has 0 amide bonds. The Morgan fingerprint density at radius 2 is 1.45 bits per heavy atom. The molecule has 1 fully saturated rings. The monoisotopic (exact) mass is 310 g/mol. The van der Waals surface area contributed by atoms with Crippen molar-refractivity contribution in [2.45, 2.75) is 106 Å². The molecule has 0 aromatic heterocycles. The van der Waals surface area contributed by atoms with Crippen molar-refractivity contribution in [1.29, 1.82) is 0 Å². The molecule has 0 aliphatic heterocycles. The summed E-state index contributed by atoms with van der Waals surface area (Å²) in [7, 11) is 0. The maximum absolute atomic E-state index is 13.2. The minimum Gasteiger partial charge on any atom is -0.459 e. The van der Waals surface area contributed by atoms with Gasteiger partial charge in [0, 0.05) is 0 Å². The zero-order chi connectivity index (χ0) is 17.2. The Hall–Kier alpha value is -0.530. The molecule has 22 heavy (non-hydrogen) atoms. The Kier molecular flexibility index (Phi) is 5.79. The fourth-order valence-electron chi connectivity index (χ4n) is 3.74. The first-order valence-electron chi connectivity index (χ1n) is 9.09. The van der Waals surface area contributed by atoms with Gasteiger partial charge < -0.3 is 4.74 Å². The molecule has 1 aliphatic carbocycles. The first-order chi connectivity index (χ1) is 9.85. The van der Waals surface area contributed by atoms with Crippen molar-refractivity contribution in [2.75, 3.05) is 0 Å². The van der Waals surface area contributed by atoms with Crippen LogP contribution in [-0.2, 0) is 9.53 Å². The van der Waals surface area contributed by atoms with Crippen molar-refractivity contribution in [2.24, 2.45) is 16.2 Å². The summed E-state index contributed by atoms with van der Waals surface area (Å²) in [5.41, 5.74) is -0.668. The average molecular weight is 311 g/mol. The second-order valence-electron chi connectivity index (χ2n) is 9.81. The van der Waals surface area contributed by atoms with E-state index in [1.54, 1.807) is 0 Å². The van der Waals surface area contributed by atoms with Gasteiger partial charge in [-0.3, -0.25) is 4.79 Å². The van der Waals surface area contributed by atoms with Gasteiger partial charge in [0.2, 0.25) is 0 Å². The molecule has 1 aliphatic rings. The fraction of sp³-hybridized carbons (Fsp3) is 0.950. The van der Waals surface area contributed by atoms with Gasteiger partial charge in [-0.25, -0.2) is 0 Å². The molecule has 2 heteroatoms. The largest absolute Gasteiger partial charge is 0.459 e. The van der Waals surface area contributed by atoms with E-state index < -0.39 is 5.41 Å². The van der Waals surface area contributed by atoms with Crippen molar-refractivity contribution in [3.05, 3.63) is 0 Å². The Balaban J connectivity index is 3.02. The molecule has 1 unspecified atom stereocenters. The van der Waals surface area contributed by atoms with Crippen molar-refractivity contribution in [3.8, 4) is 0 Å². The van der Waals surface area contributed by atoms with Gasteiger partial charge in [0.15, 0.2) is 0 Å². The Morgan fingerprint density at radius 3 is 1.82 bits per heavy atom. The molecule has 130 valence electrons. The summed E-state index contributed by atoms with van der Waals surface area (Å²) in [4.78, 5) is 13.2. The van der Waals surface area contributed by atoms with Crippen molar-refractivity contribution < 1.29 is 9.53 Å². The SMILES string of the molecule is CCC1(OC(=O)C(C)(CC(C)(C)C)C(C)(C)C)CCCCC1. The maximum atomic E-state index is 13.2. The molecule has 2 nitrogen and oxygen atoms in total. The molecule has 0 bridgehead atoms. The summed E-state index contributed by atoms with van der Waals surface area (Å²) in [5, 5.41) is 0. The Labute approximate surface area is 138 Å². The molecule has 0 radical (unpaired) electrons. The zero-order valence-electron chi connectivity index (χ0n) is 16.3. The quantitative estimate of drug-likeness (QED) is 0.584. The van der Waals surface area contributed by atoms with Gasteiger partial charge >= 0.3 is 5.97 Å². The molecule has 0 aromatic carbocycles. The van der Waals surface area contributed by atoms with Crippen LogP contribution in [0.15, 0.2) is 0 Å². The number of carbonyl (C=O) groups excluding carboxylic acids is 1. The van der Waals surface area contributed by atoms with Crippen molar-refractivity contribution in [3.63, 3.8) is 0 Å². The predicted octanol–water partition coefficient (Wildman–Crippen LogP) is 6.13. The molecule has 0 saturated heterocycles. The van der Waals surface area contributed by atoms with E-state index >= 15 is 0 Å². The Bertz CT molecular complexity index is 377. The second-order valence-corrected chi connectivity index (χ2v) is 9.81. The number of ether oxygens (including phenoxy) is 1. The molecule has 0 aromatic rings. The zero-order valence-corrected chi connectivity index (χ0v) is 16.3. The van der Waals surface area contributed by atoms with E-state index in [1.165, 1.54) is 19.3 Å². The molecule has 0 spiro atoms. The van der Waals surface area contributed by atoms with E-state index in [0.717, 1.165) is 25.7 Å². The summed E-state index contributed by atoms with van der Waals surface area (Å²) in [6.07, 6.45) is 7.50. The van der Waals surface area contributed by atoms with Crippen LogP contribution in [0.4, 0.5) is 0 Å². The van der Waals surface area contributed by atoms with E-state index in [4.69, 9.17) is 4.74 Å². The molecule has 0 heterocycles. The number of hydrogen-bond acceptors (Lipinski definition) is 2. The van der Waals surface area contributed by atoms with Gasteiger partial charge in [0.1, 0.15) is 5.60 Å². The summed E-state index contributed by atoms with van der Waals surface area (Å²) < 4.78 is 6.23. The number of carbonyl (C=O) groups is 1. The maximum Gasteiger partial charge on any atom is 0.312 e. The van der Waals surface area contributed by atoms with Gasteiger partial charge in [-0.1, -0.05) is 54.9 Å². The number of esters is 1. The van der Waals surface area contributed by atoms with Gasteiger partial charge in [-0.05, 0) is 56.3 Å². The highest BCUT2D eigenvalue weighted by molar-refractivity contribution is 5.78. The summed E-state index contributed by atoms with van der Waals surface area (Å²) in [5.74, 6) is 0.0127. The summed E-state index contributed by atoms with van der Waals surface area (Å²) in [6.45, 7) is 17.4. The van der Waals surface area contributed by atoms with Gasteiger partial charge in [0.25, 0.3) is 0 Å². The van der Waals surface area contributed by atoms with Crippen LogP contribution in [0.25, 0.3) is 0 Å². The molecule has 1 rings (SSSR count). The normalized spacial score (nSPS) is 22.0. The fourth-order valence-corrected chi connectivity index (χ4v) is 3.74. The van der Waals surface area contributed by atoms with Crippen LogP contribution in [0, 0.1) is 16.2 Å². The molecule has 1 atom stereocenters. The average Bonchev–Trinajstić information content (AvgIpc) is 2.36. The lowest BCUT2D eigenvalue weighted by molar-refractivity contribution is -0.185. The molecular formula is C20H38O2. The first-order valence-corrected chi connectivity index (χ1v) is 9.09. The van der Waals surface area contributed by atoms with E-state index in [1.807, 2.05) is 0 Å². The minimum atomic E-state index is -0.454. The van der Waals surface area contributed by atoms with E-state index in [9.17, 15) is 4.79 Å². The van der Waals surface area contributed by atoms with Crippen LogP contribution >= 0.6 is 0 Å². The molecule has 0 N–H and O–H groups in total. The lowest BCUT2D eigenvalue weighted by Crippen LogP contribution is -2.48. The van der Waals surface area contributed by atoms with Crippen LogP contribution in [0.2, 0.25) is 0 Å². The molecule has 1 saturated carbocycles. The van der Waals surface area contributed by atoms with E-state index in [2.05, 4.69) is 55.4 Å². The minimum absolute atomic E-state index is 0.0127. The third-order valence-corrected chi connectivity index (χ3v) is 5.71. The van der Waals surface area contributed by atoms with Gasteiger partial charge in [0.05, 0.1) is 5.41 Å². The highest BCUT2D eigenvalue weighted by Gasteiger charge is 2.50. The summed E-state index contributed by atoms with van der Waals surface area (Å²) >= 11 is 0. The van der Waals surface area contributed by atoms with Crippen molar-refractivity contribution in [1.82, 2.24) is 0 Å². The van der Waals surface area contributed by atoms with Crippen LogP contribution in [0.3, 0.4) is 0 Å². The lowest BCUT2D eigenvalue weighted by atomic mass is 9.61. The van der Waals surface area contributed by atoms with Gasteiger partial charge in [-0.2, -0.15) is 0 Å². The van der Waals surface area contributed by atoms with Crippen molar-refractivity contribution >= 4 is 5.97 Å². The molecular weight excluding hydrogens is 272 g/mol. The topological polar surface area (TPSA) is 26.3 Å². The number of hydrogen-bond donors (Lipinski definition) is 0. The second kappa shape index (κ2) is 6.53. The van der Waals surface area contributed by atoms with Crippen LogP contribution in [0.5, 0.6) is 0 Å². The third-order valence-electron chi connectivity index (χ3n) is 5.71. The standard InChI is InChI=1S/C20H38O2/c1-9-20(13-11-10-12-14-20)22-16(21)19(8,18(5,6)7)15-17(2,3)4/h9-15H2,1-8H3. The third kappa shape index (κ3) is 4.49.